The van der Waals surface area contributed by atoms with Crippen LogP contribution in [0.5, 0.6) is 0 Å². The summed E-state index contributed by atoms with van der Waals surface area (Å²) in [5.41, 5.74) is 2.13. The molecule has 0 aliphatic carbocycles. The van der Waals surface area contributed by atoms with E-state index in [-0.39, 0.29) is 6.04 Å². The minimum atomic E-state index is -0.00268. The van der Waals surface area contributed by atoms with E-state index in [2.05, 4.69) is 35.4 Å². The van der Waals surface area contributed by atoms with Crippen LogP contribution < -0.4 is 5.32 Å². The third-order valence-electron chi connectivity index (χ3n) is 3.25. The molecule has 20 heavy (non-hydrogen) atoms. The van der Waals surface area contributed by atoms with Gasteiger partial charge in [-0.25, -0.2) is 0 Å². The summed E-state index contributed by atoms with van der Waals surface area (Å²) >= 11 is 5.88. The Bertz CT molecular complexity index is 723. The minimum absolute atomic E-state index is 0.00268. The van der Waals surface area contributed by atoms with E-state index in [0.29, 0.717) is 5.22 Å². The summed E-state index contributed by atoms with van der Waals surface area (Å²) in [7, 11) is 0. The number of benzene rings is 1. The van der Waals surface area contributed by atoms with E-state index in [1.807, 2.05) is 18.2 Å². The van der Waals surface area contributed by atoms with Crippen molar-refractivity contribution >= 4 is 22.5 Å². The molecule has 0 radical (unpaired) electrons. The van der Waals surface area contributed by atoms with Crippen molar-refractivity contribution in [2.75, 3.05) is 6.54 Å². The van der Waals surface area contributed by atoms with Crippen LogP contribution in [-0.4, -0.2) is 11.5 Å². The number of hydrogen-bond donors (Lipinski definition) is 1. The highest BCUT2D eigenvalue weighted by Crippen LogP contribution is 2.27. The largest absolute Gasteiger partial charge is 0.448 e. The number of pyridine rings is 1. The monoisotopic (exact) mass is 286 g/mol. The molecule has 0 bridgehead atoms. The van der Waals surface area contributed by atoms with Crippen molar-refractivity contribution < 1.29 is 4.42 Å². The molecule has 102 valence electrons. The second-order valence-electron chi connectivity index (χ2n) is 4.59. The zero-order valence-corrected chi connectivity index (χ0v) is 11.9. The molecule has 0 spiro atoms. The number of rotatable bonds is 4. The summed E-state index contributed by atoms with van der Waals surface area (Å²) in [5, 5.41) is 4.94. The number of nitrogens with zero attached hydrogens (tertiary/aromatic N) is 1. The van der Waals surface area contributed by atoms with Crippen molar-refractivity contribution in [1.82, 2.24) is 10.3 Å². The average molecular weight is 287 g/mol. The highest BCUT2D eigenvalue weighted by molar-refractivity contribution is 6.28. The van der Waals surface area contributed by atoms with Crippen molar-refractivity contribution in [2.24, 2.45) is 0 Å². The molecule has 1 N–H and O–H groups in total. The first-order valence-corrected chi connectivity index (χ1v) is 6.99. The number of hydrogen-bond acceptors (Lipinski definition) is 3. The van der Waals surface area contributed by atoms with Gasteiger partial charge in [0.1, 0.15) is 5.76 Å². The number of fused-ring (bicyclic) bond motifs is 1. The van der Waals surface area contributed by atoms with E-state index in [1.54, 1.807) is 12.3 Å². The molecule has 0 aliphatic rings. The Morgan fingerprint density at radius 1 is 1.25 bits per heavy atom. The Morgan fingerprint density at radius 2 is 2.15 bits per heavy atom. The summed E-state index contributed by atoms with van der Waals surface area (Å²) in [6, 6.07) is 13.9. The molecule has 3 rings (SSSR count). The fourth-order valence-electron chi connectivity index (χ4n) is 2.34. The van der Waals surface area contributed by atoms with E-state index in [0.717, 1.165) is 28.8 Å². The van der Waals surface area contributed by atoms with Crippen LogP contribution >= 0.6 is 11.6 Å². The Balaban J connectivity index is 2.04. The van der Waals surface area contributed by atoms with E-state index in [1.165, 1.54) is 0 Å². The van der Waals surface area contributed by atoms with Gasteiger partial charge in [0, 0.05) is 11.6 Å². The van der Waals surface area contributed by atoms with E-state index in [9.17, 15) is 0 Å². The maximum atomic E-state index is 5.88. The zero-order chi connectivity index (χ0) is 13.9. The summed E-state index contributed by atoms with van der Waals surface area (Å²) in [4.78, 5) is 4.34. The van der Waals surface area contributed by atoms with Gasteiger partial charge in [-0.2, -0.15) is 0 Å². The highest BCUT2D eigenvalue weighted by Gasteiger charge is 2.17. The topological polar surface area (TPSA) is 38.1 Å². The average Bonchev–Trinajstić information content (AvgIpc) is 2.90. The van der Waals surface area contributed by atoms with Crippen molar-refractivity contribution in [3.05, 3.63) is 65.2 Å². The van der Waals surface area contributed by atoms with Gasteiger partial charge >= 0.3 is 0 Å². The molecule has 1 unspecified atom stereocenters. The molecule has 2 aromatic heterocycles. The summed E-state index contributed by atoms with van der Waals surface area (Å²) < 4.78 is 5.55. The molecule has 0 saturated heterocycles. The lowest BCUT2D eigenvalue weighted by Crippen LogP contribution is -2.21. The van der Waals surface area contributed by atoms with Gasteiger partial charge in [-0.1, -0.05) is 19.1 Å². The quantitative estimate of drug-likeness (QED) is 0.782. The zero-order valence-electron chi connectivity index (χ0n) is 11.1. The molecule has 1 aromatic carbocycles. The Hall–Kier alpha value is -1.84. The number of nitrogens with one attached hydrogen (secondary N) is 1. The van der Waals surface area contributed by atoms with Crippen molar-refractivity contribution in [2.45, 2.75) is 13.0 Å². The van der Waals surface area contributed by atoms with Crippen molar-refractivity contribution in [1.29, 1.82) is 0 Å². The molecular formula is C16H15ClN2O. The van der Waals surface area contributed by atoms with Gasteiger partial charge in [0.05, 0.1) is 11.6 Å². The molecule has 0 saturated carbocycles. The van der Waals surface area contributed by atoms with E-state index < -0.39 is 0 Å². The van der Waals surface area contributed by atoms with Crippen LogP contribution in [0, 0.1) is 0 Å². The van der Waals surface area contributed by atoms with Crippen LogP contribution in [0.25, 0.3) is 10.9 Å². The summed E-state index contributed by atoms with van der Waals surface area (Å²) in [5.74, 6) is 0.820. The third-order valence-corrected chi connectivity index (χ3v) is 3.45. The fourth-order valence-corrected chi connectivity index (χ4v) is 2.50. The lowest BCUT2D eigenvalue weighted by atomic mass is 10.0. The SMILES string of the molecule is CCNC(c1ccc2ncccc2c1)c1ccc(Cl)o1. The van der Waals surface area contributed by atoms with Crippen molar-refractivity contribution in [3.8, 4) is 0 Å². The first-order valence-electron chi connectivity index (χ1n) is 6.61. The second kappa shape index (κ2) is 5.65. The first kappa shape index (κ1) is 13.2. The molecule has 2 heterocycles. The summed E-state index contributed by atoms with van der Waals surface area (Å²) in [6.07, 6.45) is 1.80. The molecule has 0 fully saturated rings. The maximum Gasteiger partial charge on any atom is 0.193 e. The first-order chi connectivity index (χ1) is 9.78. The molecule has 0 amide bonds. The molecular weight excluding hydrogens is 272 g/mol. The number of aromatic nitrogens is 1. The normalized spacial score (nSPS) is 12.7. The smallest absolute Gasteiger partial charge is 0.193 e. The maximum absolute atomic E-state index is 5.88. The van der Waals surface area contributed by atoms with Crippen LogP contribution in [0.4, 0.5) is 0 Å². The molecule has 3 nitrogen and oxygen atoms in total. The fraction of sp³-hybridized carbons (Fsp3) is 0.188. The van der Waals surface area contributed by atoms with Gasteiger partial charge in [0.2, 0.25) is 0 Å². The van der Waals surface area contributed by atoms with Gasteiger partial charge in [0.25, 0.3) is 0 Å². The Morgan fingerprint density at radius 3 is 2.90 bits per heavy atom. The predicted octanol–water partition coefficient (Wildman–Crippen LogP) is 4.18. The van der Waals surface area contributed by atoms with Crippen LogP contribution in [0.2, 0.25) is 5.22 Å². The summed E-state index contributed by atoms with van der Waals surface area (Å²) in [6.45, 7) is 2.91. The molecule has 1 atom stereocenters. The molecule has 0 aliphatic heterocycles. The van der Waals surface area contributed by atoms with Crippen LogP contribution in [0.3, 0.4) is 0 Å². The minimum Gasteiger partial charge on any atom is -0.448 e. The number of furan rings is 1. The van der Waals surface area contributed by atoms with Gasteiger partial charge in [-0.3, -0.25) is 4.98 Å². The molecule has 3 aromatic rings. The van der Waals surface area contributed by atoms with Crippen LogP contribution in [0.15, 0.2) is 53.1 Å². The van der Waals surface area contributed by atoms with Crippen LogP contribution in [0.1, 0.15) is 24.3 Å². The van der Waals surface area contributed by atoms with Gasteiger partial charge < -0.3 is 9.73 Å². The van der Waals surface area contributed by atoms with Crippen molar-refractivity contribution in [3.63, 3.8) is 0 Å². The number of halogens is 1. The highest BCUT2D eigenvalue weighted by atomic mass is 35.5. The van der Waals surface area contributed by atoms with Gasteiger partial charge in [-0.15, -0.1) is 0 Å². The molecule has 4 heteroatoms. The Labute approximate surface area is 122 Å². The van der Waals surface area contributed by atoms with Crippen LogP contribution in [-0.2, 0) is 0 Å². The Kier molecular flexibility index (Phi) is 3.72. The standard InChI is InChI=1S/C16H15ClN2O/c1-2-18-16(14-7-8-15(17)20-14)12-5-6-13-11(10-12)4-3-9-19-13/h3-10,16,18H,2H2,1H3. The third kappa shape index (κ3) is 2.55. The lowest BCUT2D eigenvalue weighted by Gasteiger charge is -2.16. The van der Waals surface area contributed by atoms with Gasteiger partial charge in [-0.05, 0) is 54.0 Å². The van der Waals surface area contributed by atoms with Gasteiger partial charge in [0.15, 0.2) is 5.22 Å². The lowest BCUT2D eigenvalue weighted by molar-refractivity contribution is 0.454. The van der Waals surface area contributed by atoms with E-state index in [4.69, 9.17) is 16.0 Å². The van der Waals surface area contributed by atoms with E-state index >= 15 is 0 Å². The second-order valence-corrected chi connectivity index (χ2v) is 4.96. The predicted molar refractivity (Wildman–Crippen MR) is 81.0 cm³/mol.